The van der Waals surface area contributed by atoms with Gasteiger partial charge in [-0.3, -0.25) is 4.79 Å². The number of aliphatic carboxylic acids is 1. The van der Waals surface area contributed by atoms with Gasteiger partial charge in [-0.15, -0.1) is 0 Å². The van der Waals surface area contributed by atoms with Gasteiger partial charge in [0, 0.05) is 37.2 Å². The molecule has 2 aromatic carbocycles. The minimum absolute atomic E-state index is 0.208. The zero-order valence-electron chi connectivity index (χ0n) is 20.3. The van der Waals surface area contributed by atoms with Gasteiger partial charge < -0.3 is 20.2 Å². The molecule has 10 heteroatoms. The van der Waals surface area contributed by atoms with Gasteiger partial charge in [0.15, 0.2) is 0 Å². The van der Waals surface area contributed by atoms with Gasteiger partial charge in [-0.2, -0.15) is 5.10 Å². The van der Waals surface area contributed by atoms with Gasteiger partial charge >= 0.3 is 12.0 Å². The molecule has 0 aliphatic carbocycles. The zero-order chi connectivity index (χ0) is 26.0. The Morgan fingerprint density at radius 1 is 1.14 bits per heavy atom. The van der Waals surface area contributed by atoms with E-state index in [2.05, 4.69) is 10.4 Å². The van der Waals surface area contributed by atoms with Crippen LogP contribution in [0.3, 0.4) is 0 Å². The van der Waals surface area contributed by atoms with Crippen molar-refractivity contribution in [2.24, 2.45) is 5.92 Å². The molecule has 3 aromatic rings. The Hall–Kier alpha value is -3.85. The Labute approximate surface area is 214 Å². The van der Waals surface area contributed by atoms with Crippen LogP contribution in [0.25, 0.3) is 5.69 Å². The predicted octanol–water partition coefficient (Wildman–Crippen LogP) is 4.20. The number of carboxylic acid groups (broad SMARTS) is 1. The topological polar surface area (TPSA) is 108 Å². The Morgan fingerprint density at radius 3 is 2.53 bits per heavy atom. The van der Waals surface area contributed by atoms with E-state index in [0.717, 1.165) is 11.3 Å². The molecule has 1 aliphatic rings. The number of nitrogens with zero attached hydrogens (tertiary/aromatic N) is 4. The van der Waals surface area contributed by atoms with Crippen LogP contribution in [0.4, 0.5) is 10.5 Å². The number of carbonyl (C=O) groups excluding carboxylic acids is 2. The molecule has 0 fully saturated rings. The van der Waals surface area contributed by atoms with Crippen LogP contribution in [-0.2, 0) is 11.3 Å². The summed E-state index contributed by atoms with van der Waals surface area (Å²) in [7, 11) is 0. The lowest BCUT2D eigenvalue weighted by Crippen LogP contribution is -2.53. The fraction of sp³-hybridized carbons (Fsp3) is 0.308. The standard InChI is InChI=1S/C26H28ClN5O4/c1-16(2)23(25(34)35)29-26(36)30-15-18-7-4-5-8-22(18)31(14-17(30)3)24(33)20-10-9-19(13-21(20)27)32-12-6-11-28-32/h4-13,16-17,23H,14-15H2,1-3H3,(H,29,36)(H,34,35)/t17-,23-/m1/s1. The number of hydrogen-bond acceptors (Lipinski definition) is 4. The fourth-order valence-electron chi connectivity index (χ4n) is 4.29. The van der Waals surface area contributed by atoms with Crippen LogP contribution in [0, 0.1) is 5.92 Å². The van der Waals surface area contributed by atoms with Crippen LogP contribution < -0.4 is 10.2 Å². The van der Waals surface area contributed by atoms with E-state index in [0.29, 0.717) is 16.3 Å². The van der Waals surface area contributed by atoms with Crippen LogP contribution in [0.15, 0.2) is 60.9 Å². The summed E-state index contributed by atoms with van der Waals surface area (Å²) >= 11 is 6.54. The SMILES string of the molecule is CC(C)[C@@H](NC(=O)N1Cc2ccccc2N(C(=O)c2ccc(-n3cccn3)cc2Cl)C[C@H]1C)C(=O)O. The number of halogens is 1. The van der Waals surface area contributed by atoms with E-state index in [4.69, 9.17) is 11.6 Å². The van der Waals surface area contributed by atoms with Crippen LogP contribution in [-0.4, -0.2) is 56.3 Å². The number of hydrogen-bond donors (Lipinski definition) is 2. The van der Waals surface area contributed by atoms with Gasteiger partial charge in [-0.25, -0.2) is 14.3 Å². The number of anilines is 1. The van der Waals surface area contributed by atoms with Gasteiger partial charge in [-0.1, -0.05) is 43.6 Å². The summed E-state index contributed by atoms with van der Waals surface area (Å²) in [6.45, 7) is 5.74. The summed E-state index contributed by atoms with van der Waals surface area (Å²) in [6.07, 6.45) is 3.44. The lowest BCUT2D eigenvalue weighted by atomic mass is 10.1. The zero-order valence-corrected chi connectivity index (χ0v) is 21.0. The highest BCUT2D eigenvalue weighted by Gasteiger charge is 2.34. The second-order valence-electron chi connectivity index (χ2n) is 9.15. The number of amides is 3. The Morgan fingerprint density at radius 2 is 1.89 bits per heavy atom. The third-order valence-electron chi connectivity index (χ3n) is 6.27. The van der Waals surface area contributed by atoms with E-state index in [1.165, 1.54) is 0 Å². The number of benzene rings is 2. The molecule has 2 heterocycles. The summed E-state index contributed by atoms with van der Waals surface area (Å²) in [5.74, 6) is -1.67. The normalized spacial score (nSPS) is 16.3. The molecule has 4 rings (SSSR count). The molecule has 188 valence electrons. The molecule has 0 bridgehead atoms. The van der Waals surface area contributed by atoms with Crippen LogP contribution in [0.2, 0.25) is 5.02 Å². The lowest BCUT2D eigenvalue weighted by molar-refractivity contribution is -0.140. The summed E-state index contributed by atoms with van der Waals surface area (Å²) in [4.78, 5) is 41.7. The molecular weight excluding hydrogens is 482 g/mol. The van der Waals surface area contributed by atoms with Crippen LogP contribution in [0.5, 0.6) is 0 Å². The molecule has 9 nitrogen and oxygen atoms in total. The van der Waals surface area contributed by atoms with Crippen molar-refractivity contribution in [3.63, 3.8) is 0 Å². The number of carboxylic acids is 1. The lowest BCUT2D eigenvalue weighted by Gasteiger charge is -2.31. The maximum absolute atomic E-state index is 13.7. The third-order valence-corrected chi connectivity index (χ3v) is 6.58. The predicted molar refractivity (Wildman–Crippen MR) is 136 cm³/mol. The molecule has 0 spiro atoms. The van der Waals surface area contributed by atoms with E-state index in [1.807, 2.05) is 31.2 Å². The van der Waals surface area contributed by atoms with Gasteiger partial charge in [0.25, 0.3) is 5.91 Å². The number of fused-ring (bicyclic) bond motifs is 1. The summed E-state index contributed by atoms with van der Waals surface area (Å²) in [5.41, 5.74) is 2.51. The van der Waals surface area contributed by atoms with Gasteiger partial charge in [-0.05, 0) is 48.7 Å². The van der Waals surface area contributed by atoms with E-state index >= 15 is 0 Å². The molecule has 3 amide bonds. The fourth-order valence-corrected chi connectivity index (χ4v) is 4.54. The van der Waals surface area contributed by atoms with Crippen molar-refractivity contribution in [3.8, 4) is 5.69 Å². The number of nitrogens with one attached hydrogen (secondary N) is 1. The van der Waals surface area contributed by atoms with Crippen LogP contribution >= 0.6 is 11.6 Å². The first-order valence-electron chi connectivity index (χ1n) is 11.7. The average Bonchev–Trinajstić information content (AvgIpc) is 3.33. The van der Waals surface area contributed by atoms with E-state index < -0.39 is 24.1 Å². The molecule has 2 N–H and O–H groups in total. The Kier molecular flexibility index (Phi) is 7.30. The number of rotatable bonds is 5. The second-order valence-corrected chi connectivity index (χ2v) is 9.55. The van der Waals surface area contributed by atoms with E-state index in [1.54, 1.807) is 65.0 Å². The monoisotopic (exact) mass is 509 g/mol. The van der Waals surface area contributed by atoms with Gasteiger partial charge in [0.05, 0.1) is 16.3 Å². The second kappa shape index (κ2) is 10.4. The third kappa shape index (κ3) is 5.06. The number of carbonyl (C=O) groups is 3. The van der Waals surface area contributed by atoms with Crippen LogP contribution in [0.1, 0.15) is 36.7 Å². The van der Waals surface area contributed by atoms with Crippen molar-refractivity contribution in [2.75, 3.05) is 11.4 Å². The molecular formula is C26H28ClN5O4. The summed E-state index contributed by atoms with van der Waals surface area (Å²) in [5, 5.41) is 16.6. The van der Waals surface area contributed by atoms with Crippen molar-refractivity contribution < 1.29 is 19.5 Å². The molecule has 1 aromatic heterocycles. The first-order chi connectivity index (χ1) is 17.2. The number of urea groups is 1. The van der Waals surface area contributed by atoms with E-state index in [9.17, 15) is 19.5 Å². The first-order valence-corrected chi connectivity index (χ1v) is 12.0. The molecule has 1 aliphatic heterocycles. The number of aromatic nitrogens is 2. The molecule has 0 saturated heterocycles. The van der Waals surface area contributed by atoms with Crippen molar-refractivity contribution in [1.29, 1.82) is 0 Å². The number of para-hydroxylation sites is 1. The molecule has 2 atom stereocenters. The minimum atomic E-state index is -1.09. The maximum atomic E-state index is 13.7. The van der Waals surface area contributed by atoms with Gasteiger partial charge in [0.1, 0.15) is 6.04 Å². The molecule has 0 unspecified atom stereocenters. The quantitative estimate of drug-likeness (QED) is 0.536. The maximum Gasteiger partial charge on any atom is 0.326 e. The Balaban J connectivity index is 1.64. The highest BCUT2D eigenvalue weighted by Crippen LogP contribution is 2.31. The smallest absolute Gasteiger partial charge is 0.326 e. The van der Waals surface area contributed by atoms with Crippen molar-refractivity contribution in [2.45, 2.75) is 39.4 Å². The minimum Gasteiger partial charge on any atom is -0.480 e. The highest BCUT2D eigenvalue weighted by atomic mass is 35.5. The molecule has 0 saturated carbocycles. The van der Waals surface area contributed by atoms with E-state index in [-0.39, 0.29) is 24.9 Å². The largest absolute Gasteiger partial charge is 0.480 e. The van der Waals surface area contributed by atoms with Crippen molar-refractivity contribution in [1.82, 2.24) is 20.0 Å². The molecule has 0 radical (unpaired) electrons. The average molecular weight is 510 g/mol. The first kappa shape index (κ1) is 25.2. The van der Waals surface area contributed by atoms with Crippen molar-refractivity contribution >= 4 is 35.2 Å². The van der Waals surface area contributed by atoms with Crippen molar-refractivity contribution in [3.05, 3.63) is 77.1 Å². The molecule has 36 heavy (non-hydrogen) atoms. The summed E-state index contributed by atoms with van der Waals surface area (Å²) in [6, 6.07) is 12.4. The van der Waals surface area contributed by atoms with Gasteiger partial charge in [0.2, 0.25) is 0 Å². The summed E-state index contributed by atoms with van der Waals surface area (Å²) < 4.78 is 1.65. The highest BCUT2D eigenvalue weighted by molar-refractivity contribution is 6.34. The Bertz CT molecular complexity index is 1280.